The Morgan fingerprint density at radius 1 is 1.02 bits per heavy atom. The molecular weight excluding hydrogens is 564 g/mol. The summed E-state index contributed by atoms with van der Waals surface area (Å²) >= 11 is 8.58. The van der Waals surface area contributed by atoms with Crippen molar-refractivity contribution < 1.29 is 9.16 Å². The molecule has 4 nitrogen and oxygen atoms in total. The van der Waals surface area contributed by atoms with Crippen molar-refractivity contribution in [3.05, 3.63) is 81.8 Å². The summed E-state index contributed by atoms with van der Waals surface area (Å²) in [6, 6.07) is 19.7. The molecule has 1 fully saturated rings. The zero-order valence-electron chi connectivity index (χ0n) is 24.9. The molecule has 2 aromatic heterocycles. The Morgan fingerprint density at radius 2 is 1.80 bits per heavy atom. The van der Waals surface area contributed by atoms with E-state index in [9.17, 15) is 0 Å². The van der Waals surface area contributed by atoms with Crippen molar-refractivity contribution >= 4 is 47.2 Å². The second kappa shape index (κ2) is 11.5. The smallest absolute Gasteiger partial charge is 0.192 e. The van der Waals surface area contributed by atoms with E-state index in [1.54, 1.807) is 0 Å². The molecule has 0 unspecified atom stereocenters. The molecule has 7 heteroatoms. The molecule has 2 aromatic carbocycles. The first-order chi connectivity index (χ1) is 19.6. The van der Waals surface area contributed by atoms with E-state index in [2.05, 4.69) is 93.4 Å². The van der Waals surface area contributed by atoms with Gasteiger partial charge in [-0.05, 0) is 79.2 Å². The molecular formula is C34H41ClN2O2SSi. The van der Waals surface area contributed by atoms with Crippen LogP contribution in [0.3, 0.4) is 0 Å². The number of aryl methyl sites for hydroxylation is 1. The Morgan fingerprint density at radius 3 is 2.56 bits per heavy atom. The predicted octanol–water partition coefficient (Wildman–Crippen LogP) is 9.64. The van der Waals surface area contributed by atoms with Crippen molar-refractivity contribution in [1.82, 2.24) is 4.98 Å². The minimum Gasteiger partial charge on any atom is -0.412 e. The molecule has 0 atom stereocenters. The van der Waals surface area contributed by atoms with Gasteiger partial charge in [-0.3, -0.25) is 4.98 Å². The van der Waals surface area contributed by atoms with Crippen molar-refractivity contribution in [3.8, 4) is 11.1 Å². The summed E-state index contributed by atoms with van der Waals surface area (Å²) in [7, 11) is -1.84. The maximum Gasteiger partial charge on any atom is 0.192 e. The maximum atomic E-state index is 6.76. The van der Waals surface area contributed by atoms with Crippen LogP contribution in [0.15, 0.2) is 60.8 Å². The number of hydrogen-bond acceptors (Lipinski definition) is 5. The number of nitrogens with zero attached hydrogens (tertiary/aromatic N) is 2. The van der Waals surface area contributed by atoms with Crippen LogP contribution in [0, 0.1) is 0 Å². The van der Waals surface area contributed by atoms with E-state index >= 15 is 0 Å². The monoisotopic (exact) mass is 604 g/mol. The molecule has 41 heavy (non-hydrogen) atoms. The van der Waals surface area contributed by atoms with E-state index in [0.29, 0.717) is 25.4 Å². The average molecular weight is 605 g/mol. The molecule has 6 rings (SSSR count). The molecule has 0 bridgehead atoms. The van der Waals surface area contributed by atoms with Gasteiger partial charge in [-0.25, -0.2) is 0 Å². The zero-order chi connectivity index (χ0) is 28.8. The largest absolute Gasteiger partial charge is 0.412 e. The van der Waals surface area contributed by atoms with E-state index < -0.39 is 8.32 Å². The van der Waals surface area contributed by atoms with E-state index in [-0.39, 0.29) is 5.04 Å². The van der Waals surface area contributed by atoms with Gasteiger partial charge in [0.2, 0.25) is 0 Å². The lowest BCUT2D eigenvalue weighted by molar-refractivity contribution is -0.0207. The zero-order valence-corrected chi connectivity index (χ0v) is 27.4. The van der Waals surface area contributed by atoms with Gasteiger partial charge in [0.25, 0.3) is 0 Å². The molecule has 0 radical (unpaired) electrons. The van der Waals surface area contributed by atoms with Crippen LogP contribution in [0.1, 0.15) is 56.0 Å². The number of hydrogen-bond donors (Lipinski definition) is 0. The number of thiophene rings is 1. The Balaban J connectivity index is 1.26. The third kappa shape index (κ3) is 6.00. The molecule has 1 aliphatic carbocycles. The van der Waals surface area contributed by atoms with Crippen molar-refractivity contribution in [2.24, 2.45) is 0 Å². The summed E-state index contributed by atoms with van der Waals surface area (Å²) in [6.45, 7) is 13.9. The Bertz CT molecular complexity index is 1530. The van der Waals surface area contributed by atoms with Gasteiger partial charge in [-0.2, -0.15) is 0 Å². The van der Waals surface area contributed by atoms with Crippen LogP contribution in [0.4, 0.5) is 5.69 Å². The van der Waals surface area contributed by atoms with E-state index in [4.69, 9.17) is 25.7 Å². The minimum atomic E-state index is -1.84. The highest BCUT2D eigenvalue weighted by Gasteiger charge is 2.38. The standard InChI is InChI=1S/C34H41ClN2O2SSi/c1-34(2,3)41(4,5)39-22-28-20-31-33(40-28)29(13-14-36-31)30-17-25(35)16-24-12-9-15-37(32(24)30)26-18-27(19-26)38-21-23-10-7-6-8-11-23/h6-8,10-11,13-14,16-17,20,26-27H,9,12,15,18-19,21-22H2,1-5H3/t26-,27+. The molecule has 2 aliphatic rings. The molecule has 0 amide bonds. The number of benzene rings is 2. The fourth-order valence-electron chi connectivity index (χ4n) is 5.76. The summed E-state index contributed by atoms with van der Waals surface area (Å²) < 4.78 is 14.1. The molecule has 1 saturated carbocycles. The van der Waals surface area contributed by atoms with Crippen LogP contribution in [0.25, 0.3) is 21.3 Å². The quantitative estimate of drug-likeness (QED) is 0.188. The Labute approximate surface area is 254 Å². The van der Waals surface area contributed by atoms with Crippen molar-refractivity contribution in [3.63, 3.8) is 0 Å². The van der Waals surface area contributed by atoms with Gasteiger partial charge < -0.3 is 14.1 Å². The summed E-state index contributed by atoms with van der Waals surface area (Å²) in [5, 5.41) is 0.991. The number of rotatable bonds is 8. The minimum absolute atomic E-state index is 0.184. The van der Waals surface area contributed by atoms with Crippen molar-refractivity contribution in [2.45, 2.75) is 89.9 Å². The first kappa shape index (κ1) is 28.9. The highest BCUT2D eigenvalue weighted by atomic mass is 35.5. The highest BCUT2D eigenvalue weighted by molar-refractivity contribution is 7.19. The van der Waals surface area contributed by atoms with E-state index in [1.807, 2.05) is 17.5 Å². The third-order valence-electron chi connectivity index (χ3n) is 9.26. The van der Waals surface area contributed by atoms with Gasteiger partial charge in [0.15, 0.2) is 8.32 Å². The summed E-state index contributed by atoms with van der Waals surface area (Å²) in [4.78, 5) is 8.63. The fraction of sp³-hybridized carbons (Fsp3) is 0.441. The summed E-state index contributed by atoms with van der Waals surface area (Å²) in [5.41, 5.74) is 7.44. The molecule has 0 saturated heterocycles. The SMILES string of the molecule is CC(C)(C)[Si](C)(C)OCc1cc2nccc(-c3cc(Cl)cc4c3N([C@H]3C[C@@H](OCc5ccccc5)C3)CCC4)c2s1. The van der Waals surface area contributed by atoms with Gasteiger partial charge in [-0.15, -0.1) is 11.3 Å². The van der Waals surface area contributed by atoms with Crippen LogP contribution in [0.5, 0.6) is 0 Å². The fourth-order valence-corrected chi connectivity index (χ4v) is 8.11. The van der Waals surface area contributed by atoms with Crippen molar-refractivity contribution in [1.29, 1.82) is 0 Å². The number of anilines is 1. The average Bonchev–Trinajstić information content (AvgIpc) is 3.34. The van der Waals surface area contributed by atoms with E-state index in [0.717, 1.165) is 42.8 Å². The Hall–Kier alpha value is -2.22. The van der Waals surface area contributed by atoms with Gasteiger partial charge in [0.05, 0.1) is 29.5 Å². The molecule has 4 aromatic rings. The van der Waals surface area contributed by atoms with E-state index in [1.165, 1.54) is 37.5 Å². The lowest BCUT2D eigenvalue weighted by Crippen LogP contribution is -2.50. The number of aromatic nitrogens is 1. The second-order valence-corrected chi connectivity index (χ2v) is 19.5. The molecule has 0 spiro atoms. The van der Waals surface area contributed by atoms with Crippen LogP contribution in [0.2, 0.25) is 23.2 Å². The topological polar surface area (TPSA) is 34.6 Å². The predicted molar refractivity (Wildman–Crippen MR) is 176 cm³/mol. The molecule has 216 valence electrons. The second-order valence-electron chi connectivity index (χ2n) is 13.1. The number of halogens is 1. The van der Waals surface area contributed by atoms with Gasteiger partial charge in [0.1, 0.15) is 0 Å². The van der Waals surface area contributed by atoms with Crippen molar-refractivity contribution in [2.75, 3.05) is 11.4 Å². The van der Waals surface area contributed by atoms with Crippen LogP contribution in [-0.4, -0.2) is 32.0 Å². The third-order valence-corrected chi connectivity index (χ3v) is 15.1. The normalized spacial score (nSPS) is 19.3. The van der Waals surface area contributed by atoms with Crippen LogP contribution in [-0.2, 0) is 28.8 Å². The Kier molecular flexibility index (Phi) is 8.07. The lowest BCUT2D eigenvalue weighted by Gasteiger charge is -2.47. The van der Waals surface area contributed by atoms with Crippen LogP contribution < -0.4 is 4.90 Å². The molecule has 3 heterocycles. The first-order valence-corrected chi connectivity index (χ1v) is 19.0. The molecule has 1 aliphatic heterocycles. The first-order valence-electron chi connectivity index (χ1n) is 14.9. The number of fused-ring (bicyclic) bond motifs is 2. The summed E-state index contributed by atoms with van der Waals surface area (Å²) in [5.74, 6) is 0. The maximum absolute atomic E-state index is 6.76. The lowest BCUT2D eigenvalue weighted by atomic mass is 9.84. The highest BCUT2D eigenvalue weighted by Crippen LogP contribution is 2.46. The van der Waals surface area contributed by atoms with Crippen LogP contribution >= 0.6 is 22.9 Å². The molecule has 0 N–H and O–H groups in total. The van der Waals surface area contributed by atoms with Gasteiger partial charge in [0, 0.05) is 45.5 Å². The summed E-state index contributed by atoms with van der Waals surface area (Å²) in [6.07, 6.45) is 6.60. The van der Waals surface area contributed by atoms with Gasteiger partial charge >= 0.3 is 0 Å². The number of ether oxygens (including phenoxy) is 1. The van der Waals surface area contributed by atoms with Gasteiger partial charge in [-0.1, -0.05) is 62.7 Å². The number of pyridine rings is 1.